The zero-order chi connectivity index (χ0) is 31.1. The summed E-state index contributed by atoms with van der Waals surface area (Å²) < 4.78 is 1.01. The van der Waals surface area contributed by atoms with Gasteiger partial charge in [0.2, 0.25) is 0 Å². The highest BCUT2D eigenvalue weighted by molar-refractivity contribution is 6.35. The Hall–Kier alpha value is -4.29. The molecule has 2 aromatic heterocycles. The number of hydrazine groups is 2. The van der Waals surface area contributed by atoms with Crippen LogP contribution in [0.15, 0.2) is 85.1 Å². The van der Waals surface area contributed by atoms with Crippen LogP contribution in [0.5, 0.6) is 0 Å². The highest BCUT2D eigenvalue weighted by atomic mass is 35.5. The average molecular weight is 610 g/mol. The van der Waals surface area contributed by atoms with Gasteiger partial charge in [-0.05, 0) is 49.6 Å². The Morgan fingerprint density at radius 2 is 1.80 bits per heavy atom. The van der Waals surface area contributed by atoms with Crippen molar-refractivity contribution in [1.82, 2.24) is 25.9 Å². The molecule has 0 bridgehead atoms. The van der Waals surface area contributed by atoms with Gasteiger partial charge in [0.25, 0.3) is 0 Å². The fourth-order valence-corrected chi connectivity index (χ4v) is 5.74. The van der Waals surface area contributed by atoms with Gasteiger partial charge in [-0.1, -0.05) is 60.8 Å². The molecule has 2 aromatic carbocycles. The van der Waals surface area contributed by atoms with Crippen LogP contribution >= 0.6 is 11.6 Å². The number of fused-ring (bicyclic) bond motifs is 1. The summed E-state index contributed by atoms with van der Waals surface area (Å²) in [6.07, 6.45) is 14.4. The SMILES string of the molecule is C#Cc1cnc2c(Cl)cc(N[C@H](C3=CN(CC[N+](C)(CC)CC)NN3)c3cccnc3)cc2c1N[C@H](CC)c1ccccc1. The molecule has 0 unspecified atom stereocenters. The molecule has 0 radical (unpaired) electrons. The highest BCUT2D eigenvalue weighted by Gasteiger charge is 2.25. The summed E-state index contributed by atoms with van der Waals surface area (Å²) in [4.78, 5) is 9.05. The number of nitrogens with one attached hydrogen (secondary N) is 4. The van der Waals surface area contributed by atoms with Crippen molar-refractivity contribution in [1.29, 1.82) is 0 Å². The second-order valence-corrected chi connectivity index (χ2v) is 11.8. The Balaban J connectivity index is 1.50. The van der Waals surface area contributed by atoms with Gasteiger partial charge in [0.15, 0.2) is 0 Å². The van der Waals surface area contributed by atoms with E-state index in [1.54, 1.807) is 12.4 Å². The maximum atomic E-state index is 6.89. The van der Waals surface area contributed by atoms with Crippen molar-refractivity contribution in [2.45, 2.75) is 39.3 Å². The Morgan fingerprint density at radius 3 is 2.48 bits per heavy atom. The minimum atomic E-state index is -0.221. The van der Waals surface area contributed by atoms with Gasteiger partial charge in [0.1, 0.15) is 0 Å². The molecule has 0 aliphatic carbocycles. The highest BCUT2D eigenvalue weighted by Crippen LogP contribution is 2.37. The smallest absolute Gasteiger partial charge is 0.0979 e. The van der Waals surface area contributed by atoms with Crippen molar-refractivity contribution >= 4 is 33.9 Å². The van der Waals surface area contributed by atoms with E-state index in [9.17, 15) is 0 Å². The van der Waals surface area contributed by atoms with Gasteiger partial charge < -0.3 is 20.5 Å². The summed E-state index contributed by atoms with van der Waals surface area (Å²) in [6, 6.07) is 18.2. The second-order valence-electron chi connectivity index (χ2n) is 11.4. The number of hydrogen-bond donors (Lipinski definition) is 4. The number of nitrogens with zero attached hydrogens (tertiary/aromatic N) is 4. The molecule has 2 atom stereocenters. The molecule has 228 valence electrons. The van der Waals surface area contributed by atoms with E-state index in [0.717, 1.165) is 65.1 Å². The number of likely N-dealkylation sites (N-methyl/N-ethyl adjacent to an activating group) is 1. The standard InChI is InChI=1S/C35H42ClN8/c1-6-25-23-38-35-29(33(25)40-31(7-2)26-14-11-10-12-15-26)20-28(21-30(35)36)39-34(27-16-13-17-37-22-27)32-24-43(42-41-32)18-19-44(5,8-3)9-4/h1,10-17,20-24,31,34,39,41-42H,7-9,18-19H2,2-5H3,(H,38,40)/q+1/t31-,34+/m1/s1. The molecule has 4 aromatic rings. The summed E-state index contributed by atoms with van der Waals surface area (Å²) in [5.74, 6) is 2.82. The topological polar surface area (TPSA) is 77.1 Å². The number of pyridine rings is 2. The van der Waals surface area contributed by atoms with E-state index in [2.05, 4.69) is 113 Å². The minimum Gasteiger partial charge on any atom is -0.377 e. The number of terminal acetylenes is 1. The molecule has 0 fully saturated rings. The van der Waals surface area contributed by atoms with Crippen LogP contribution < -0.4 is 21.6 Å². The van der Waals surface area contributed by atoms with Crippen LogP contribution in [0, 0.1) is 12.3 Å². The molecule has 1 aliphatic rings. The molecule has 0 spiro atoms. The van der Waals surface area contributed by atoms with Crippen LogP contribution in [0.25, 0.3) is 10.9 Å². The van der Waals surface area contributed by atoms with Gasteiger partial charge in [-0.2, -0.15) is 0 Å². The number of anilines is 2. The Kier molecular flexibility index (Phi) is 9.91. The minimum absolute atomic E-state index is 0.0678. The summed E-state index contributed by atoms with van der Waals surface area (Å²) in [5.41, 5.74) is 12.9. The van der Waals surface area contributed by atoms with Crippen LogP contribution in [0.2, 0.25) is 5.02 Å². The van der Waals surface area contributed by atoms with Gasteiger partial charge in [0.05, 0.1) is 72.8 Å². The lowest BCUT2D eigenvalue weighted by Gasteiger charge is -2.33. The van der Waals surface area contributed by atoms with E-state index in [-0.39, 0.29) is 12.1 Å². The first-order valence-electron chi connectivity index (χ1n) is 15.3. The fourth-order valence-electron chi connectivity index (χ4n) is 5.47. The summed E-state index contributed by atoms with van der Waals surface area (Å²) in [5, 5.41) is 10.9. The predicted molar refractivity (Wildman–Crippen MR) is 182 cm³/mol. The van der Waals surface area contributed by atoms with E-state index in [1.165, 1.54) is 5.56 Å². The maximum absolute atomic E-state index is 6.89. The number of aromatic nitrogens is 2. The van der Waals surface area contributed by atoms with Gasteiger partial charge in [-0.15, -0.1) is 12.0 Å². The first kappa shape index (κ1) is 31.1. The van der Waals surface area contributed by atoms with Gasteiger partial charge in [-0.25, -0.2) is 0 Å². The van der Waals surface area contributed by atoms with Crippen LogP contribution in [-0.4, -0.2) is 52.7 Å². The van der Waals surface area contributed by atoms with Crippen LogP contribution in [0.1, 0.15) is 56.0 Å². The summed E-state index contributed by atoms with van der Waals surface area (Å²) in [7, 11) is 2.30. The number of halogens is 1. The van der Waals surface area contributed by atoms with Crippen molar-refractivity contribution in [3.05, 3.63) is 107 Å². The first-order valence-corrected chi connectivity index (χ1v) is 15.7. The van der Waals surface area contributed by atoms with Crippen molar-refractivity contribution in [3.8, 4) is 12.3 Å². The van der Waals surface area contributed by atoms with Crippen molar-refractivity contribution in [2.24, 2.45) is 0 Å². The third-order valence-corrected chi connectivity index (χ3v) is 8.98. The first-order chi connectivity index (χ1) is 21.4. The monoisotopic (exact) mass is 609 g/mol. The molecule has 0 saturated carbocycles. The van der Waals surface area contributed by atoms with Crippen molar-refractivity contribution < 1.29 is 4.48 Å². The predicted octanol–water partition coefficient (Wildman–Crippen LogP) is 6.63. The molecule has 4 N–H and O–H groups in total. The zero-order valence-electron chi connectivity index (χ0n) is 25.9. The third kappa shape index (κ3) is 6.92. The summed E-state index contributed by atoms with van der Waals surface area (Å²) in [6.45, 7) is 10.7. The third-order valence-electron chi connectivity index (χ3n) is 8.70. The maximum Gasteiger partial charge on any atom is 0.0979 e. The number of benzene rings is 2. The molecule has 9 heteroatoms. The van der Waals surface area contributed by atoms with E-state index in [0.29, 0.717) is 16.1 Å². The van der Waals surface area contributed by atoms with Crippen molar-refractivity contribution in [3.63, 3.8) is 0 Å². The molecule has 44 heavy (non-hydrogen) atoms. The van der Waals surface area contributed by atoms with E-state index < -0.39 is 0 Å². The lowest BCUT2D eigenvalue weighted by atomic mass is 10.0. The number of rotatable bonds is 13. The lowest BCUT2D eigenvalue weighted by molar-refractivity contribution is -0.905. The molecular formula is C35H42ClN8+. The van der Waals surface area contributed by atoms with Gasteiger partial charge in [-0.3, -0.25) is 15.0 Å². The van der Waals surface area contributed by atoms with E-state index in [1.807, 2.05) is 24.4 Å². The molecule has 8 nitrogen and oxygen atoms in total. The zero-order valence-corrected chi connectivity index (χ0v) is 26.7. The molecular weight excluding hydrogens is 568 g/mol. The van der Waals surface area contributed by atoms with E-state index >= 15 is 0 Å². The Labute approximate surface area is 266 Å². The van der Waals surface area contributed by atoms with Crippen LogP contribution in [-0.2, 0) is 0 Å². The van der Waals surface area contributed by atoms with Crippen LogP contribution in [0.4, 0.5) is 11.4 Å². The molecule has 5 rings (SSSR count). The Bertz CT molecular complexity index is 1630. The number of quaternary nitrogens is 1. The normalized spacial score (nSPS) is 14.5. The Morgan fingerprint density at radius 1 is 1.02 bits per heavy atom. The molecule has 1 aliphatic heterocycles. The lowest BCUT2D eigenvalue weighted by Crippen LogP contribution is -2.49. The average Bonchev–Trinajstić information content (AvgIpc) is 3.54. The second kappa shape index (κ2) is 14.0. The quantitative estimate of drug-likeness (QED) is 0.100. The van der Waals surface area contributed by atoms with Crippen molar-refractivity contribution in [2.75, 3.05) is 43.9 Å². The molecule has 3 heterocycles. The van der Waals surface area contributed by atoms with Gasteiger partial charge in [0, 0.05) is 35.9 Å². The molecule has 0 amide bonds. The molecule has 0 saturated heterocycles. The largest absolute Gasteiger partial charge is 0.377 e. The van der Waals surface area contributed by atoms with E-state index in [4.69, 9.17) is 18.0 Å². The summed E-state index contributed by atoms with van der Waals surface area (Å²) >= 11 is 6.89. The number of hydrogen-bond acceptors (Lipinski definition) is 7. The van der Waals surface area contributed by atoms with Crippen LogP contribution in [0.3, 0.4) is 0 Å². The van der Waals surface area contributed by atoms with Gasteiger partial charge >= 0.3 is 0 Å². The fraction of sp³-hybridized carbons (Fsp3) is 0.314.